The van der Waals surface area contributed by atoms with E-state index in [9.17, 15) is 9.59 Å². The van der Waals surface area contributed by atoms with Crippen LogP contribution in [-0.4, -0.2) is 27.6 Å². The number of nitrogens with zero attached hydrogens (tertiary/aromatic N) is 3. The first-order valence-corrected chi connectivity index (χ1v) is 9.80. The van der Waals surface area contributed by atoms with Gasteiger partial charge >= 0.3 is 0 Å². The molecule has 1 aromatic heterocycles. The van der Waals surface area contributed by atoms with Gasteiger partial charge in [-0.1, -0.05) is 36.3 Å². The lowest BCUT2D eigenvalue weighted by Gasteiger charge is -2.37. The minimum absolute atomic E-state index is 0.136. The molecule has 2 bridgehead atoms. The fourth-order valence-corrected chi connectivity index (χ4v) is 5.78. The summed E-state index contributed by atoms with van der Waals surface area (Å²) in [5.74, 6) is 3.57. The molecule has 1 aromatic carbocycles. The van der Waals surface area contributed by atoms with Crippen molar-refractivity contribution in [2.75, 3.05) is 0 Å². The van der Waals surface area contributed by atoms with E-state index in [2.05, 4.69) is 23.2 Å². The van der Waals surface area contributed by atoms with E-state index < -0.39 is 0 Å². The predicted molar refractivity (Wildman–Crippen MR) is 105 cm³/mol. The van der Waals surface area contributed by atoms with E-state index in [0.717, 1.165) is 27.9 Å². The molecular formula is C23H19N3O2. The Hall–Kier alpha value is -3.13. The normalized spacial score (nSPS) is 34.9. The van der Waals surface area contributed by atoms with Crippen LogP contribution in [0.5, 0.6) is 0 Å². The maximum absolute atomic E-state index is 13.0. The van der Waals surface area contributed by atoms with Gasteiger partial charge in [0.1, 0.15) is 0 Å². The Morgan fingerprint density at radius 3 is 2.46 bits per heavy atom. The summed E-state index contributed by atoms with van der Waals surface area (Å²) in [6.07, 6.45) is 14.5. The Morgan fingerprint density at radius 1 is 1.11 bits per heavy atom. The lowest BCUT2D eigenvalue weighted by molar-refractivity contribution is -0.140. The van der Waals surface area contributed by atoms with Gasteiger partial charge in [-0.3, -0.25) is 9.59 Å². The smallest absolute Gasteiger partial charge is 0.254 e. The van der Waals surface area contributed by atoms with E-state index in [1.54, 1.807) is 6.21 Å². The molecule has 0 N–H and O–H groups in total. The molecule has 6 atom stereocenters. The fraction of sp³-hybridized carbons (Fsp3) is 0.348. The van der Waals surface area contributed by atoms with E-state index in [1.165, 1.54) is 0 Å². The zero-order chi connectivity index (χ0) is 19.0. The Bertz CT molecular complexity index is 1100. The van der Waals surface area contributed by atoms with Gasteiger partial charge in [-0.2, -0.15) is 10.1 Å². The zero-order valence-electron chi connectivity index (χ0n) is 15.2. The first-order valence-electron chi connectivity index (χ1n) is 9.80. The van der Waals surface area contributed by atoms with Crippen molar-refractivity contribution in [3.63, 3.8) is 0 Å². The van der Waals surface area contributed by atoms with Crippen LogP contribution in [0, 0.1) is 47.9 Å². The molecule has 5 heteroatoms. The molecule has 138 valence electrons. The minimum atomic E-state index is -0.216. The lowest BCUT2D eigenvalue weighted by Crippen LogP contribution is -2.40. The summed E-state index contributed by atoms with van der Waals surface area (Å²) in [5, 5.41) is 6.48. The molecule has 1 aliphatic heterocycles. The number of allylic oxidation sites excluding steroid dienone is 2. The topological polar surface area (TPSA) is 54.7 Å². The Kier molecular flexibility index (Phi) is 3.09. The van der Waals surface area contributed by atoms with E-state index in [4.69, 9.17) is 6.42 Å². The van der Waals surface area contributed by atoms with Crippen molar-refractivity contribution in [1.29, 1.82) is 0 Å². The van der Waals surface area contributed by atoms with Crippen LogP contribution >= 0.6 is 0 Å². The van der Waals surface area contributed by atoms with Crippen LogP contribution in [0.2, 0.25) is 0 Å². The molecule has 28 heavy (non-hydrogen) atoms. The van der Waals surface area contributed by atoms with Gasteiger partial charge in [-0.05, 0) is 36.2 Å². The fourth-order valence-electron chi connectivity index (χ4n) is 5.78. The molecule has 1 saturated heterocycles. The SMILES string of the molecule is C#CCn1cc(/C=N\N2C(=O)[C@@H]3[C@H]4C=C[C@@H]([C@@H]5C[C@H]45)[C@H]3C2=O)c2ccccc21. The summed E-state index contributed by atoms with van der Waals surface area (Å²) in [7, 11) is 0. The van der Waals surface area contributed by atoms with Crippen molar-refractivity contribution < 1.29 is 9.59 Å². The van der Waals surface area contributed by atoms with Gasteiger partial charge in [0.25, 0.3) is 11.8 Å². The number of aromatic nitrogens is 1. The van der Waals surface area contributed by atoms with Gasteiger partial charge in [-0.15, -0.1) is 6.42 Å². The van der Waals surface area contributed by atoms with Crippen LogP contribution in [0.3, 0.4) is 0 Å². The van der Waals surface area contributed by atoms with Crippen LogP contribution < -0.4 is 0 Å². The van der Waals surface area contributed by atoms with E-state index in [-0.39, 0.29) is 35.5 Å². The Morgan fingerprint density at radius 2 is 1.79 bits per heavy atom. The van der Waals surface area contributed by atoms with E-state index in [0.29, 0.717) is 18.4 Å². The number of imide groups is 1. The quantitative estimate of drug-likeness (QED) is 0.361. The van der Waals surface area contributed by atoms with Crippen molar-refractivity contribution in [3.05, 3.63) is 48.2 Å². The predicted octanol–water partition coefficient (Wildman–Crippen LogP) is 2.66. The summed E-state index contributed by atoms with van der Waals surface area (Å²) in [5.41, 5.74) is 1.86. The Labute approximate surface area is 162 Å². The molecule has 2 heterocycles. The van der Waals surface area contributed by atoms with Crippen LogP contribution in [0.4, 0.5) is 0 Å². The summed E-state index contributed by atoms with van der Waals surface area (Å²) >= 11 is 0. The number of amides is 2. The molecule has 2 amide bonds. The first-order chi connectivity index (χ1) is 13.7. The summed E-state index contributed by atoms with van der Waals surface area (Å²) in [6.45, 7) is 0.456. The first kappa shape index (κ1) is 15.9. The van der Waals surface area contributed by atoms with Crippen LogP contribution in [0.1, 0.15) is 12.0 Å². The van der Waals surface area contributed by atoms with Crippen LogP contribution in [0.15, 0.2) is 47.7 Å². The molecule has 0 spiro atoms. The average Bonchev–Trinajstić information content (AvgIpc) is 3.42. The minimum Gasteiger partial charge on any atom is -0.335 e. The number of carbonyl (C=O) groups excluding carboxylic acids is 2. The van der Waals surface area contributed by atoms with Crippen LogP contribution in [-0.2, 0) is 16.1 Å². The largest absolute Gasteiger partial charge is 0.335 e. The molecule has 4 aliphatic carbocycles. The molecule has 3 fully saturated rings. The molecule has 5 aliphatic rings. The highest BCUT2D eigenvalue weighted by molar-refractivity contribution is 6.07. The lowest BCUT2D eigenvalue weighted by atomic mass is 9.63. The molecule has 5 nitrogen and oxygen atoms in total. The number of benzene rings is 1. The van der Waals surface area contributed by atoms with Gasteiger partial charge < -0.3 is 4.57 Å². The Balaban J connectivity index is 1.35. The number of para-hydroxylation sites is 1. The second-order valence-corrected chi connectivity index (χ2v) is 8.32. The molecular weight excluding hydrogens is 350 g/mol. The highest BCUT2D eigenvalue weighted by Crippen LogP contribution is 2.65. The van der Waals surface area contributed by atoms with Gasteiger partial charge in [0.05, 0.1) is 24.6 Å². The number of terminal acetylenes is 1. The zero-order valence-corrected chi connectivity index (χ0v) is 15.2. The van der Waals surface area contributed by atoms with E-state index in [1.807, 2.05) is 35.0 Å². The molecule has 7 rings (SSSR count). The third kappa shape index (κ3) is 1.95. The maximum Gasteiger partial charge on any atom is 0.254 e. The van der Waals surface area contributed by atoms with Gasteiger partial charge in [0.2, 0.25) is 0 Å². The number of hydrogen-bond acceptors (Lipinski definition) is 3. The second-order valence-electron chi connectivity index (χ2n) is 8.32. The van der Waals surface area contributed by atoms with Gasteiger partial charge in [-0.25, -0.2) is 0 Å². The van der Waals surface area contributed by atoms with E-state index >= 15 is 0 Å². The summed E-state index contributed by atoms with van der Waals surface area (Å²) in [6, 6.07) is 7.91. The molecule has 0 unspecified atom stereocenters. The van der Waals surface area contributed by atoms with Crippen molar-refractivity contribution in [2.24, 2.45) is 40.6 Å². The third-order valence-corrected chi connectivity index (χ3v) is 7.03. The number of fused-ring (bicyclic) bond motifs is 1. The summed E-state index contributed by atoms with van der Waals surface area (Å²) in [4.78, 5) is 26.0. The van der Waals surface area contributed by atoms with Gasteiger partial charge in [0.15, 0.2) is 0 Å². The highest BCUT2D eigenvalue weighted by atomic mass is 16.2. The van der Waals surface area contributed by atoms with Crippen molar-refractivity contribution in [2.45, 2.75) is 13.0 Å². The monoisotopic (exact) mass is 369 g/mol. The number of rotatable bonds is 3. The van der Waals surface area contributed by atoms with Crippen molar-refractivity contribution in [3.8, 4) is 12.3 Å². The van der Waals surface area contributed by atoms with Gasteiger partial charge in [0, 0.05) is 22.7 Å². The summed E-state index contributed by atoms with van der Waals surface area (Å²) < 4.78 is 1.97. The molecule has 0 radical (unpaired) electrons. The maximum atomic E-state index is 13.0. The number of hydrogen-bond donors (Lipinski definition) is 0. The highest BCUT2D eigenvalue weighted by Gasteiger charge is 2.67. The molecule has 2 saturated carbocycles. The number of hydrazone groups is 1. The average molecular weight is 369 g/mol. The second kappa shape index (κ2) is 5.45. The molecule has 2 aromatic rings. The third-order valence-electron chi connectivity index (χ3n) is 7.03. The standard InChI is InChI=1S/C23H19N3O2/c1-2-9-25-12-13(14-5-3-4-6-19(14)25)11-24-26-22(27)20-15-7-8-16(18-10-17(15)18)21(20)23(26)28/h1,3-8,11-12,15-18,20-21H,9-10H2/b24-11-/t15-,16-,17-,18+,20+,21+/m0/s1. The van der Waals surface area contributed by atoms with Crippen molar-refractivity contribution >= 4 is 28.9 Å². The van der Waals surface area contributed by atoms with Crippen LogP contribution in [0.25, 0.3) is 10.9 Å². The van der Waals surface area contributed by atoms with Crippen molar-refractivity contribution in [1.82, 2.24) is 9.58 Å². The number of carbonyl (C=O) groups is 2.